The molecule has 1 aliphatic rings. The molecule has 1 N–H and O–H groups in total. The van der Waals surface area contributed by atoms with Gasteiger partial charge in [-0.25, -0.2) is 0 Å². The van der Waals surface area contributed by atoms with Crippen molar-refractivity contribution in [3.63, 3.8) is 0 Å². The first kappa shape index (κ1) is 10.8. The highest BCUT2D eigenvalue weighted by atomic mass is 35.5. The molecule has 3 heteroatoms. The van der Waals surface area contributed by atoms with Crippen LogP contribution in [0.25, 0.3) is 0 Å². The van der Waals surface area contributed by atoms with Crippen molar-refractivity contribution in [2.45, 2.75) is 12.8 Å². The second kappa shape index (κ2) is 5.38. The molecule has 1 saturated carbocycles. The van der Waals surface area contributed by atoms with Gasteiger partial charge in [0.15, 0.2) is 0 Å². The molecule has 0 saturated heterocycles. The number of ether oxygens (including phenoxy) is 1. The fourth-order valence-electron chi connectivity index (χ4n) is 1.40. The summed E-state index contributed by atoms with van der Waals surface area (Å²) in [5.74, 6) is 0.844. The van der Waals surface area contributed by atoms with Gasteiger partial charge in [0.1, 0.15) is 0 Å². The van der Waals surface area contributed by atoms with Crippen molar-refractivity contribution >= 4 is 17.3 Å². The third-order valence-electron chi connectivity index (χ3n) is 2.45. The average Bonchev–Trinajstić information content (AvgIpc) is 3.01. The van der Waals surface area contributed by atoms with E-state index in [0.29, 0.717) is 0 Å². The Bertz CT molecular complexity index is 312. The van der Waals surface area contributed by atoms with E-state index < -0.39 is 0 Å². The molecule has 15 heavy (non-hydrogen) atoms. The fourth-order valence-corrected chi connectivity index (χ4v) is 1.59. The highest BCUT2D eigenvalue weighted by Crippen LogP contribution is 2.28. The minimum Gasteiger partial charge on any atom is -0.383 e. The van der Waals surface area contributed by atoms with E-state index in [9.17, 15) is 0 Å². The second-order valence-electron chi connectivity index (χ2n) is 3.96. The van der Waals surface area contributed by atoms with Crippen LogP contribution < -0.4 is 5.32 Å². The van der Waals surface area contributed by atoms with Crippen molar-refractivity contribution < 1.29 is 4.74 Å². The third kappa shape index (κ3) is 4.10. The molecule has 1 fully saturated rings. The van der Waals surface area contributed by atoms with Gasteiger partial charge in [-0.15, -0.1) is 0 Å². The molecule has 1 aromatic carbocycles. The van der Waals surface area contributed by atoms with Crippen LogP contribution in [0.4, 0.5) is 5.69 Å². The first-order valence-electron chi connectivity index (χ1n) is 5.42. The Kier molecular flexibility index (Phi) is 3.87. The first-order chi connectivity index (χ1) is 7.34. The van der Waals surface area contributed by atoms with Crippen LogP contribution in [0, 0.1) is 5.92 Å². The summed E-state index contributed by atoms with van der Waals surface area (Å²) in [4.78, 5) is 0. The van der Waals surface area contributed by atoms with Crippen molar-refractivity contribution in [3.05, 3.63) is 29.3 Å². The summed E-state index contributed by atoms with van der Waals surface area (Å²) < 4.78 is 5.51. The highest BCUT2D eigenvalue weighted by molar-refractivity contribution is 6.30. The molecular formula is C12H16ClNO. The first-order valence-corrected chi connectivity index (χ1v) is 5.79. The average molecular weight is 226 g/mol. The molecule has 1 aromatic rings. The molecule has 0 unspecified atom stereocenters. The normalized spacial score (nSPS) is 15.3. The Morgan fingerprint density at radius 3 is 3.00 bits per heavy atom. The fraction of sp³-hybridized carbons (Fsp3) is 0.500. The summed E-state index contributed by atoms with van der Waals surface area (Å²) in [6.07, 6.45) is 2.70. The van der Waals surface area contributed by atoms with Crippen LogP contribution in [0.3, 0.4) is 0 Å². The van der Waals surface area contributed by atoms with E-state index in [4.69, 9.17) is 16.3 Å². The SMILES string of the molecule is Clc1cccc(NCCOCC2CC2)c1. The predicted molar refractivity (Wildman–Crippen MR) is 63.5 cm³/mol. The van der Waals surface area contributed by atoms with E-state index in [-0.39, 0.29) is 0 Å². The number of rotatable bonds is 6. The van der Waals surface area contributed by atoms with Gasteiger partial charge in [0.05, 0.1) is 6.61 Å². The van der Waals surface area contributed by atoms with Gasteiger partial charge in [-0.3, -0.25) is 0 Å². The van der Waals surface area contributed by atoms with Crippen molar-refractivity contribution in [2.24, 2.45) is 5.92 Å². The zero-order valence-electron chi connectivity index (χ0n) is 8.71. The zero-order valence-corrected chi connectivity index (χ0v) is 9.46. The van der Waals surface area contributed by atoms with E-state index in [1.165, 1.54) is 12.8 Å². The maximum Gasteiger partial charge on any atom is 0.0639 e. The van der Waals surface area contributed by atoms with Gasteiger partial charge in [0.25, 0.3) is 0 Å². The van der Waals surface area contributed by atoms with E-state index in [1.807, 2.05) is 24.3 Å². The topological polar surface area (TPSA) is 21.3 Å². The van der Waals surface area contributed by atoms with Gasteiger partial charge in [-0.2, -0.15) is 0 Å². The van der Waals surface area contributed by atoms with Crippen LogP contribution in [0.5, 0.6) is 0 Å². The Morgan fingerprint density at radius 1 is 1.40 bits per heavy atom. The molecule has 0 heterocycles. The summed E-state index contributed by atoms with van der Waals surface area (Å²) in [6.45, 7) is 2.54. The number of nitrogens with one attached hydrogen (secondary N) is 1. The van der Waals surface area contributed by atoms with Gasteiger partial charge < -0.3 is 10.1 Å². The number of hydrogen-bond acceptors (Lipinski definition) is 2. The summed E-state index contributed by atoms with van der Waals surface area (Å²) in [5.41, 5.74) is 1.05. The van der Waals surface area contributed by atoms with Crippen molar-refractivity contribution in [1.82, 2.24) is 0 Å². The molecule has 0 bridgehead atoms. The Balaban J connectivity index is 1.60. The van der Waals surface area contributed by atoms with E-state index in [0.717, 1.165) is 36.4 Å². The van der Waals surface area contributed by atoms with Crippen LogP contribution >= 0.6 is 11.6 Å². The lowest BCUT2D eigenvalue weighted by atomic mass is 10.3. The van der Waals surface area contributed by atoms with Crippen molar-refractivity contribution in [2.75, 3.05) is 25.1 Å². The van der Waals surface area contributed by atoms with Crippen molar-refractivity contribution in [1.29, 1.82) is 0 Å². The van der Waals surface area contributed by atoms with E-state index in [2.05, 4.69) is 5.32 Å². The molecule has 0 spiro atoms. The highest BCUT2D eigenvalue weighted by Gasteiger charge is 2.20. The maximum atomic E-state index is 5.86. The van der Waals surface area contributed by atoms with Crippen LogP contribution in [-0.2, 0) is 4.74 Å². The maximum absolute atomic E-state index is 5.86. The monoisotopic (exact) mass is 225 g/mol. The van der Waals surface area contributed by atoms with Crippen molar-refractivity contribution in [3.8, 4) is 0 Å². The molecular weight excluding hydrogens is 210 g/mol. The summed E-state index contributed by atoms with van der Waals surface area (Å²) in [5, 5.41) is 4.03. The second-order valence-corrected chi connectivity index (χ2v) is 4.39. The van der Waals surface area contributed by atoms with Gasteiger partial charge in [-0.1, -0.05) is 17.7 Å². The molecule has 0 aliphatic heterocycles. The lowest BCUT2D eigenvalue weighted by molar-refractivity contribution is 0.134. The van der Waals surface area contributed by atoms with Crippen LogP contribution in [0.1, 0.15) is 12.8 Å². The largest absolute Gasteiger partial charge is 0.383 e. The minimum atomic E-state index is 0.763. The van der Waals surface area contributed by atoms with Gasteiger partial charge in [-0.05, 0) is 37.0 Å². The Morgan fingerprint density at radius 2 is 2.27 bits per heavy atom. The molecule has 1 aliphatic carbocycles. The third-order valence-corrected chi connectivity index (χ3v) is 2.69. The molecule has 82 valence electrons. The lowest BCUT2D eigenvalue weighted by Gasteiger charge is -2.07. The predicted octanol–water partition coefficient (Wildman–Crippen LogP) is 3.18. The molecule has 0 amide bonds. The number of anilines is 1. The van der Waals surface area contributed by atoms with Crippen LogP contribution in [-0.4, -0.2) is 19.8 Å². The summed E-state index contributed by atoms with van der Waals surface area (Å²) >= 11 is 5.86. The number of benzene rings is 1. The molecule has 0 atom stereocenters. The number of hydrogen-bond donors (Lipinski definition) is 1. The Labute approximate surface area is 95.6 Å². The molecule has 0 radical (unpaired) electrons. The molecule has 2 rings (SSSR count). The van der Waals surface area contributed by atoms with Crippen LogP contribution in [0.15, 0.2) is 24.3 Å². The van der Waals surface area contributed by atoms with Gasteiger partial charge >= 0.3 is 0 Å². The summed E-state index contributed by atoms with van der Waals surface area (Å²) in [6, 6.07) is 7.74. The van der Waals surface area contributed by atoms with Crippen LogP contribution in [0.2, 0.25) is 5.02 Å². The minimum absolute atomic E-state index is 0.763. The lowest BCUT2D eigenvalue weighted by Crippen LogP contribution is -2.10. The number of halogens is 1. The van der Waals surface area contributed by atoms with Gasteiger partial charge in [0, 0.05) is 23.9 Å². The van der Waals surface area contributed by atoms with E-state index >= 15 is 0 Å². The van der Waals surface area contributed by atoms with E-state index in [1.54, 1.807) is 0 Å². The van der Waals surface area contributed by atoms with Gasteiger partial charge in [0.2, 0.25) is 0 Å². The quantitative estimate of drug-likeness (QED) is 0.751. The smallest absolute Gasteiger partial charge is 0.0639 e. The summed E-state index contributed by atoms with van der Waals surface area (Å²) in [7, 11) is 0. The Hall–Kier alpha value is -0.730. The standard InChI is InChI=1S/C12H16ClNO/c13-11-2-1-3-12(8-11)14-6-7-15-9-10-4-5-10/h1-3,8,10,14H,4-7,9H2. The molecule has 2 nitrogen and oxygen atoms in total. The zero-order chi connectivity index (χ0) is 10.5. The molecule has 0 aromatic heterocycles.